The van der Waals surface area contributed by atoms with Gasteiger partial charge in [-0.3, -0.25) is 9.78 Å². The van der Waals surface area contributed by atoms with Gasteiger partial charge in [0.15, 0.2) is 19.0 Å². The van der Waals surface area contributed by atoms with Crippen LogP contribution in [0, 0.1) is 4.77 Å². The Hall–Kier alpha value is -2.06. The van der Waals surface area contributed by atoms with Gasteiger partial charge in [0.05, 0.1) is 7.05 Å². The molecule has 0 aliphatic rings. The van der Waals surface area contributed by atoms with Gasteiger partial charge in [0, 0.05) is 31.0 Å². The number of aromatic nitrogens is 4. The molecule has 1 atom stereocenters. The number of pyridine rings is 1. The maximum Gasteiger partial charge on any atom is 0.275 e. The topological polar surface area (TPSA) is 69.2 Å². The van der Waals surface area contributed by atoms with Crippen LogP contribution in [0.25, 0.3) is 11.4 Å². The van der Waals surface area contributed by atoms with Crippen molar-refractivity contribution < 1.29 is 9.69 Å². The van der Waals surface area contributed by atoms with E-state index in [1.165, 1.54) is 0 Å². The zero-order chi connectivity index (χ0) is 17.0. The lowest BCUT2D eigenvalue weighted by molar-refractivity contribution is -0.895. The number of amides is 1. The molecular weight excluding hydrogens is 312 g/mol. The molecule has 1 amide bonds. The quantitative estimate of drug-likeness (QED) is 0.730. The van der Waals surface area contributed by atoms with E-state index in [9.17, 15) is 4.79 Å². The molecule has 0 aromatic carbocycles. The van der Waals surface area contributed by atoms with Crippen LogP contribution >= 0.6 is 12.2 Å². The van der Waals surface area contributed by atoms with Crippen LogP contribution in [-0.2, 0) is 18.5 Å². The molecule has 124 valence electrons. The minimum Gasteiger partial charge on any atom is -0.349 e. The smallest absolute Gasteiger partial charge is 0.275 e. The van der Waals surface area contributed by atoms with Crippen LogP contribution in [0.2, 0.25) is 0 Å². The van der Waals surface area contributed by atoms with Gasteiger partial charge in [-0.15, -0.1) is 5.10 Å². The van der Waals surface area contributed by atoms with Crippen molar-refractivity contribution in [1.82, 2.24) is 24.6 Å². The highest BCUT2D eigenvalue weighted by molar-refractivity contribution is 7.71. The molecule has 0 bridgehead atoms. The summed E-state index contributed by atoms with van der Waals surface area (Å²) < 4.78 is 4.25. The minimum atomic E-state index is 0.0225. The summed E-state index contributed by atoms with van der Waals surface area (Å²) in [5.41, 5.74) is 0.961. The number of carbonyl (C=O) groups is 1. The lowest BCUT2D eigenvalue weighted by Gasteiger charge is -2.14. The Morgan fingerprint density at radius 3 is 2.65 bits per heavy atom. The summed E-state index contributed by atoms with van der Waals surface area (Å²) in [7, 11) is 3.84. The molecular formula is C15H23N6OS+. The van der Waals surface area contributed by atoms with Crippen LogP contribution in [0.3, 0.4) is 0 Å². The second kappa shape index (κ2) is 7.47. The average molecular weight is 335 g/mol. The molecule has 2 aromatic rings. The van der Waals surface area contributed by atoms with Gasteiger partial charge in [-0.25, -0.2) is 0 Å². The van der Waals surface area contributed by atoms with Gasteiger partial charge in [0.2, 0.25) is 4.77 Å². The van der Waals surface area contributed by atoms with E-state index in [1.54, 1.807) is 17.1 Å². The van der Waals surface area contributed by atoms with Crippen molar-refractivity contribution in [2.75, 3.05) is 13.6 Å². The predicted molar refractivity (Wildman–Crippen MR) is 90.3 cm³/mol. The molecule has 0 saturated heterocycles. The second-order valence-corrected chi connectivity index (χ2v) is 6.28. The lowest BCUT2D eigenvalue weighted by Crippen LogP contribution is -3.09. The Morgan fingerprint density at radius 2 is 2.04 bits per heavy atom. The van der Waals surface area contributed by atoms with E-state index in [0.29, 0.717) is 18.0 Å². The highest BCUT2D eigenvalue weighted by Crippen LogP contribution is 2.15. The highest BCUT2D eigenvalue weighted by Gasteiger charge is 2.15. The molecule has 0 aliphatic heterocycles. The van der Waals surface area contributed by atoms with E-state index < -0.39 is 0 Å². The lowest BCUT2D eigenvalue weighted by atomic mass is 10.2. The molecule has 2 rings (SSSR count). The molecule has 0 saturated carbocycles. The Kier molecular flexibility index (Phi) is 5.62. The fraction of sp³-hybridized carbons (Fsp3) is 0.467. The number of hydrogen-bond acceptors (Lipinski definition) is 4. The number of hydrogen-bond donors (Lipinski definition) is 2. The Balaban J connectivity index is 2.12. The molecule has 1 unspecified atom stereocenters. The van der Waals surface area contributed by atoms with Crippen molar-refractivity contribution in [3.63, 3.8) is 0 Å². The van der Waals surface area contributed by atoms with Gasteiger partial charge >= 0.3 is 0 Å². The van der Waals surface area contributed by atoms with E-state index >= 15 is 0 Å². The Labute approximate surface area is 140 Å². The number of quaternary nitrogens is 1. The number of nitrogens with zero attached hydrogens (tertiary/aromatic N) is 4. The van der Waals surface area contributed by atoms with Crippen LogP contribution in [0.1, 0.15) is 13.8 Å². The fourth-order valence-corrected chi connectivity index (χ4v) is 2.49. The first-order valence-corrected chi connectivity index (χ1v) is 7.94. The molecule has 0 fully saturated rings. The average Bonchev–Trinajstić information content (AvgIpc) is 2.75. The maximum absolute atomic E-state index is 11.8. The van der Waals surface area contributed by atoms with Crippen molar-refractivity contribution in [3.8, 4) is 11.4 Å². The first-order valence-electron chi connectivity index (χ1n) is 7.53. The van der Waals surface area contributed by atoms with Gasteiger partial charge in [0.25, 0.3) is 5.91 Å². The standard InChI is InChI=1S/C15H22N6OS/c1-11(2)17-13(22)9-19(3)10-21-15(23)20(4)14(18-21)12-5-7-16-8-6-12/h5-8,11H,9-10H2,1-4H3,(H,17,22)/p+1. The summed E-state index contributed by atoms with van der Waals surface area (Å²) in [4.78, 5) is 16.9. The van der Waals surface area contributed by atoms with Crippen LogP contribution in [-0.4, -0.2) is 44.9 Å². The molecule has 0 spiro atoms. The normalized spacial score (nSPS) is 12.4. The number of likely N-dealkylation sites (N-methyl/N-ethyl adjacent to an activating group) is 1. The monoisotopic (exact) mass is 335 g/mol. The van der Waals surface area contributed by atoms with Crippen molar-refractivity contribution in [2.45, 2.75) is 26.6 Å². The number of rotatable bonds is 6. The summed E-state index contributed by atoms with van der Waals surface area (Å²) in [6.45, 7) is 4.80. The third-order valence-corrected chi connectivity index (χ3v) is 3.80. The number of nitrogens with one attached hydrogen (secondary N) is 2. The van der Waals surface area contributed by atoms with Gasteiger partial charge in [-0.2, -0.15) is 4.68 Å². The first-order chi connectivity index (χ1) is 10.9. The summed E-state index contributed by atoms with van der Waals surface area (Å²) in [5, 5.41) is 7.47. The molecule has 7 nitrogen and oxygen atoms in total. The Bertz CT molecular complexity index is 721. The molecule has 23 heavy (non-hydrogen) atoms. The molecule has 0 radical (unpaired) electrons. The second-order valence-electron chi connectivity index (χ2n) is 5.91. The molecule has 2 N–H and O–H groups in total. The van der Waals surface area contributed by atoms with Crippen molar-refractivity contribution >= 4 is 18.1 Å². The van der Waals surface area contributed by atoms with E-state index in [2.05, 4.69) is 15.4 Å². The first kappa shape index (κ1) is 17.3. The SMILES string of the molecule is CC(C)NC(=O)C[NH+](C)Cn1nc(-c2ccncc2)n(C)c1=S. The molecule has 0 aliphatic carbocycles. The van der Waals surface area contributed by atoms with Crippen LogP contribution in [0.5, 0.6) is 0 Å². The molecule has 8 heteroatoms. The highest BCUT2D eigenvalue weighted by atomic mass is 32.1. The summed E-state index contributed by atoms with van der Waals surface area (Å²) in [6, 6.07) is 3.94. The van der Waals surface area contributed by atoms with Crippen molar-refractivity contribution in [2.24, 2.45) is 7.05 Å². The molecule has 2 heterocycles. The maximum atomic E-state index is 11.8. The van der Waals surface area contributed by atoms with Gasteiger partial charge in [0.1, 0.15) is 0 Å². The summed E-state index contributed by atoms with van der Waals surface area (Å²) in [6.07, 6.45) is 3.45. The fourth-order valence-electron chi connectivity index (χ4n) is 2.30. The van der Waals surface area contributed by atoms with Crippen LogP contribution in [0.4, 0.5) is 0 Å². The zero-order valence-corrected chi connectivity index (χ0v) is 14.7. The zero-order valence-electron chi connectivity index (χ0n) is 13.9. The van der Waals surface area contributed by atoms with Crippen LogP contribution in [0.15, 0.2) is 24.5 Å². The summed E-state index contributed by atoms with van der Waals surface area (Å²) in [5.74, 6) is 0.811. The third kappa shape index (κ3) is 4.46. The van der Waals surface area contributed by atoms with Crippen molar-refractivity contribution in [3.05, 3.63) is 29.3 Å². The van der Waals surface area contributed by atoms with Gasteiger partial charge in [-0.05, 0) is 38.2 Å². The van der Waals surface area contributed by atoms with E-state index in [1.807, 2.05) is 44.6 Å². The summed E-state index contributed by atoms with van der Waals surface area (Å²) >= 11 is 5.45. The van der Waals surface area contributed by atoms with E-state index in [-0.39, 0.29) is 11.9 Å². The Morgan fingerprint density at radius 1 is 1.39 bits per heavy atom. The number of carbonyl (C=O) groups excluding carboxylic acids is 1. The largest absolute Gasteiger partial charge is 0.349 e. The predicted octanol–water partition coefficient (Wildman–Crippen LogP) is 0.00989. The third-order valence-electron chi connectivity index (χ3n) is 3.31. The van der Waals surface area contributed by atoms with E-state index in [0.717, 1.165) is 16.3 Å². The van der Waals surface area contributed by atoms with Crippen molar-refractivity contribution in [1.29, 1.82) is 0 Å². The van der Waals surface area contributed by atoms with E-state index in [4.69, 9.17) is 12.2 Å². The van der Waals surface area contributed by atoms with Gasteiger partial charge < -0.3 is 14.8 Å². The minimum absolute atomic E-state index is 0.0225. The van der Waals surface area contributed by atoms with Crippen LogP contribution < -0.4 is 10.2 Å². The van der Waals surface area contributed by atoms with Gasteiger partial charge in [-0.1, -0.05) is 0 Å². The molecule has 2 aromatic heterocycles.